The molecule has 1 aliphatic rings. The molecule has 3 rings (SSSR count). The van der Waals surface area contributed by atoms with Gasteiger partial charge in [-0.3, -0.25) is 0 Å². The van der Waals surface area contributed by atoms with Crippen LogP contribution in [-0.2, 0) is 0 Å². The van der Waals surface area contributed by atoms with E-state index in [-0.39, 0.29) is 0 Å². The van der Waals surface area contributed by atoms with Crippen molar-refractivity contribution in [2.24, 2.45) is 5.92 Å². The molecule has 0 aromatic carbocycles. The van der Waals surface area contributed by atoms with Crippen molar-refractivity contribution in [3.63, 3.8) is 0 Å². The molecule has 100 valence electrons. The van der Waals surface area contributed by atoms with Gasteiger partial charge in [0.15, 0.2) is 5.65 Å². The number of rotatable bonds is 3. The van der Waals surface area contributed by atoms with E-state index in [1.165, 1.54) is 0 Å². The molecule has 6 heteroatoms. The van der Waals surface area contributed by atoms with E-state index in [1.807, 2.05) is 19.9 Å². The van der Waals surface area contributed by atoms with Gasteiger partial charge in [0.25, 0.3) is 0 Å². The molecular formula is C13H18N6. The summed E-state index contributed by atoms with van der Waals surface area (Å²) in [5.41, 5.74) is 8.69. The number of nitrogens with two attached hydrogens (primary N) is 1. The van der Waals surface area contributed by atoms with Crippen LogP contribution in [0.3, 0.4) is 0 Å². The fraction of sp³-hybridized carbons (Fsp3) is 0.462. The third-order valence-corrected chi connectivity index (χ3v) is 3.43. The first-order chi connectivity index (χ1) is 9.13. The minimum absolute atomic E-state index is 0.490. The molecule has 1 saturated heterocycles. The van der Waals surface area contributed by atoms with Gasteiger partial charge in [-0.25, -0.2) is 4.98 Å². The molecule has 0 spiro atoms. The van der Waals surface area contributed by atoms with Gasteiger partial charge in [-0.2, -0.15) is 9.97 Å². The Hall–Kier alpha value is -1.95. The van der Waals surface area contributed by atoms with Crippen molar-refractivity contribution in [3.05, 3.63) is 17.3 Å². The largest absolute Gasteiger partial charge is 0.383 e. The number of anilines is 2. The summed E-state index contributed by atoms with van der Waals surface area (Å²) in [4.78, 5) is 13.2. The van der Waals surface area contributed by atoms with E-state index in [0.29, 0.717) is 23.3 Å². The van der Waals surface area contributed by atoms with Gasteiger partial charge in [-0.1, -0.05) is 0 Å². The number of nitrogens with one attached hydrogen (secondary N) is 2. The highest BCUT2D eigenvalue weighted by Gasteiger charge is 2.17. The number of aryl methyl sites for hydroxylation is 2. The zero-order valence-corrected chi connectivity index (χ0v) is 11.2. The molecule has 4 N–H and O–H groups in total. The second kappa shape index (κ2) is 4.62. The molecule has 0 saturated carbocycles. The third-order valence-electron chi connectivity index (χ3n) is 3.43. The molecule has 19 heavy (non-hydrogen) atoms. The Morgan fingerprint density at radius 2 is 2.11 bits per heavy atom. The number of fused-ring (bicyclic) bond motifs is 1. The summed E-state index contributed by atoms with van der Waals surface area (Å²) in [5, 5.41) is 7.32. The van der Waals surface area contributed by atoms with Crippen LogP contribution in [0, 0.1) is 19.8 Å². The molecule has 1 aliphatic heterocycles. The average molecular weight is 258 g/mol. The van der Waals surface area contributed by atoms with E-state index in [4.69, 9.17) is 5.73 Å². The van der Waals surface area contributed by atoms with Gasteiger partial charge in [0, 0.05) is 31.2 Å². The molecule has 3 heterocycles. The number of hydrogen-bond donors (Lipinski definition) is 3. The normalized spacial score (nSPS) is 15.5. The van der Waals surface area contributed by atoms with Crippen LogP contribution in [-0.4, -0.2) is 34.6 Å². The van der Waals surface area contributed by atoms with Crippen LogP contribution < -0.4 is 16.4 Å². The highest BCUT2D eigenvalue weighted by molar-refractivity contribution is 5.89. The molecule has 6 nitrogen and oxygen atoms in total. The maximum absolute atomic E-state index is 6.02. The van der Waals surface area contributed by atoms with Crippen molar-refractivity contribution in [2.45, 2.75) is 13.8 Å². The van der Waals surface area contributed by atoms with Crippen molar-refractivity contribution in [3.8, 4) is 0 Å². The van der Waals surface area contributed by atoms with Crippen LogP contribution in [0.15, 0.2) is 6.07 Å². The average Bonchev–Trinajstić information content (AvgIpc) is 2.24. The standard InChI is InChI=1S/C13H18N6/c1-7-3-8(2)17-12-10(7)11(14)18-13(19-12)16-6-9-4-15-5-9/h3,9,15H,4-6H2,1-2H3,(H3,14,16,17,18,19). The fourth-order valence-corrected chi connectivity index (χ4v) is 2.32. The summed E-state index contributed by atoms with van der Waals surface area (Å²) >= 11 is 0. The summed E-state index contributed by atoms with van der Waals surface area (Å²) in [5.74, 6) is 1.70. The van der Waals surface area contributed by atoms with Crippen molar-refractivity contribution >= 4 is 22.8 Å². The lowest BCUT2D eigenvalue weighted by Gasteiger charge is -2.27. The van der Waals surface area contributed by atoms with Crippen LogP contribution in [0.4, 0.5) is 11.8 Å². The van der Waals surface area contributed by atoms with E-state index in [0.717, 1.165) is 36.3 Å². The molecule has 2 aromatic rings. The van der Waals surface area contributed by atoms with Gasteiger partial charge in [-0.15, -0.1) is 0 Å². The summed E-state index contributed by atoms with van der Waals surface area (Å²) in [7, 11) is 0. The Morgan fingerprint density at radius 1 is 1.32 bits per heavy atom. The molecular weight excluding hydrogens is 240 g/mol. The van der Waals surface area contributed by atoms with Gasteiger partial charge in [0.1, 0.15) is 5.82 Å². The smallest absolute Gasteiger partial charge is 0.226 e. The van der Waals surface area contributed by atoms with Gasteiger partial charge >= 0.3 is 0 Å². The topological polar surface area (TPSA) is 88.8 Å². The van der Waals surface area contributed by atoms with Crippen molar-refractivity contribution in [1.29, 1.82) is 0 Å². The van der Waals surface area contributed by atoms with E-state index in [1.54, 1.807) is 0 Å². The van der Waals surface area contributed by atoms with E-state index in [2.05, 4.69) is 25.6 Å². The van der Waals surface area contributed by atoms with Crippen LogP contribution in [0.5, 0.6) is 0 Å². The van der Waals surface area contributed by atoms with Crippen molar-refractivity contribution in [1.82, 2.24) is 20.3 Å². The number of pyridine rings is 1. The summed E-state index contributed by atoms with van der Waals surface area (Å²) < 4.78 is 0. The van der Waals surface area contributed by atoms with Crippen LogP contribution in [0.25, 0.3) is 11.0 Å². The highest BCUT2D eigenvalue weighted by atomic mass is 15.1. The number of nitrogen functional groups attached to an aromatic ring is 1. The quantitative estimate of drug-likeness (QED) is 0.756. The van der Waals surface area contributed by atoms with Gasteiger partial charge in [-0.05, 0) is 25.5 Å². The first-order valence-electron chi connectivity index (χ1n) is 6.49. The number of nitrogens with zero attached hydrogens (tertiary/aromatic N) is 3. The molecule has 0 aliphatic carbocycles. The molecule has 0 amide bonds. The SMILES string of the molecule is Cc1cc(C)c2c(N)nc(NCC3CNC3)nc2n1. The Bertz CT molecular complexity index is 620. The zero-order chi connectivity index (χ0) is 13.4. The zero-order valence-electron chi connectivity index (χ0n) is 11.2. The summed E-state index contributed by atoms with van der Waals surface area (Å²) in [6.07, 6.45) is 0. The lowest BCUT2D eigenvalue weighted by molar-refractivity contribution is 0.365. The minimum atomic E-state index is 0.490. The lowest BCUT2D eigenvalue weighted by Crippen LogP contribution is -2.45. The first-order valence-corrected chi connectivity index (χ1v) is 6.49. The van der Waals surface area contributed by atoms with Gasteiger partial charge in [0.05, 0.1) is 5.39 Å². The molecule has 0 unspecified atom stereocenters. The molecule has 0 bridgehead atoms. The molecule has 2 aromatic heterocycles. The van der Waals surface area contributed by atoms with Gasteiger partial charge < -0.3 is 16.4 Å². The predicted octanol–water partition coefficient (Wildman–Crippen LogP) is 0.855. The van der Waals surface area contributed by atoms with Gasteiger partial charge in [0.2, 0.25) is 5.95 Å². The fourth-order valence-electron chi connectivity index (χ4n) is 2.32. The maximum Gasteiger partial charge on any atom is 0.226 e. The lowest BCUT2D eigenvalue weighted by atomic mass is 10.0. The molecule has 1 fully saturated rings. The van der Waals surface area contributed by atoms with E-state index in [9.17, 15) is 0 Å². The van der Waals surface area contributed by atoms with Crippen molar-refractivity contribution < 1.29 is 0 Å². The minimum Gasteiger partial charge on any atom is -0.383 e. The Labute approximate surface area is 111 Å². The molecule has 0 atom stereocenters. The second-order valence-corrected chi connectivity index (χ2v) is 5.12. The van der Waals surface area contributed by atoms with Crippen LogP contribution >= 0.6 is 0 Å². The second-order valence-electron chi connectivity index (χ2n) is 5.12. The van der Waals surface area contributed by atoms with Crippen LogP contribution in [0.2, 0.25) is 0 Å². The Balaban J connectivity index is 1.93. The van der Waals surface area contributed by atoms with E-state index < -0.39 is 0 Å². The predicted molar refractivity (Wildman–Crippen MR) is 76.1 cm³/mol. The van der Waals surface area contributed by atoms with Crippen molar-refractivity contribution in [2.75, 3.05) is 30.7 Å². The monoisotopic (exact) mass is 258 g/mol. The molecule has 0 radical (unpaired) electrons. The number of hydrogen-bond acceptors (Lipinski definition) is 6. The summed E-state index contributed by atoms with van der Waals surface area (Å²) in [6.45, 7) is 6.92. The Kier molecular flexibility index (Phi) is 2.94. The maximum atomic E-state index is 6.02. The summed E-state index contributed by atoms with van der Waals surface area (Å²) in [6, 6.07) is 2.00. The Morgan fingerprint density at radius 3 is 2.79 bits per heavy atom. The number of aromatic nitrogens is 3. The van der Waals surface area contributed by atoms with E-state index >= 15 is 0 Å². The third kappa shape index (κ3) is 2.31. The van der Waals surface area contributed by atoms with Crippen LogP contribution in [0.1, 0.15) is 11.3 Å². The first kappa shape index (κ1) is 12.1. The highest BCUT2D eigenvalue weighted by Crippen LogP contribution is 2.22.